The van der Waals surface area contributed by atoms with Gasteiger partial charge >= 0.3 is 8.56 Å². The van der Waals surface area contributed by atoms with Crippen LogP contribution in [-0.2, 0) is 9.53 Å². The summed E-state index contributed by atoms with van der Waals surface area (Å²) in [6.07, 6.45) is 0. The van der Waals surface area contributed by atoms with Gasteiger partial charge in [-0.1, -0.05) is 60.6 Å². The van der Waals surface area contributed by atoms with Gasteiger partial charge in [-0.25, -0.2) is 0 Å². The van der Waals surface area contributed by atoms with Gasteiger partial charge < -0.3 is 8.54 Å². The second-order valence-electron chi connectivity index (χ2n) is 8.71. The molecule has 0 amide bonds. The second-order valence-corrected chi connectivity index (χ2v) is 17.0. The van der Waals surface area contributed by atoms with E-state index in [9.17, 15) is 0 Å². The molecular weight excluding hydrogens is 304 g/mol. The summed E-state index contributed by atoms with van der Waals surface area (Å²) >= 11 is 0. The minimum atomic E-state index is -2.23. The fraction of sp³-hybridized carbons (Fsp3) is 0.667. The van der Waals surface area contributed by atoms with Crippen LogP contribution in [0, 0.1) is 0 Å². The number of fused-ring (bicyclic) bond motifs is 1. The summed E-state index contributed by atoms with van der Waals surface area (Å²) in [5.74, 6) is 1.09. The third-order valence-corrected chi connectivity index (χ3v) is 13.6. The van der Waals surface area contributed by atoms with Gasteiger partial charge in [0.1, 0.15) is 5.75 Å². The van der Waals surface area contributed by atoms with Crippen molar-refractivity contribution in [2.45, 2.75) is 78.1 Å². The van der Waals surface area contributed by atoms with Crippen LogP contribution in [0.5, 0.6) is 5.75 Å². The molecule has 1 aromatic carbocycles. The zero-order valence-electron chi connectivity index (χ0n) is 15.7. The zero-order chi connectivity index (χ0) is 16.9. The van der Waals surface area contributed by atoms with Crippen LogP contribution in [0.4, 0.5) is 0 Å². The minimum absolute atomic E-state index is 0.154. The molecule has 0 aromatic heterocycles. The molecule has 0 atom stereocenters. The van der Waals surface area contributed by atoms with Crippen molar-refractivity contribution >= 4 is 22.1 Å². The van der Waals surface area contributed by atoms with E-state index < -0.39 is 16.9 Å². The van der Waals surface area contributed by atoms with E-state index in [4.69, 9.17) is 8.54 Å². The Morgan fingerprint density at radius 2 is 1.50 bits per heavy atom. The van der Waals surface area contributed by atoms with Crippen LogP contribution >= 0.6 is 0 Å². The molecule has 2 nitrogen and oxygen atoms in total. The van der Waals surface area contributed by atoms with Gasteiger partial charge in [-0.3, -0.25) is 0 Å². The maximum Gasteiger partial charge on any atom is 0.394 e. The predicted molar refractivity (Wildman–Crippen MR) is 99.9 cm³/mol. The first-order valence-corrected chi connectivity index (χ1v) is 13.3. The fourth-order valence-electron chi connectivity index (χ4n) is 3.34. The molecule has 0 aliphatic carbocycles. The average Bonchev–Trinajstić information content (AvgIpc) is 2.35. The summed E-state index contributed by atoms with van der Waals surface area (Å²) in [5, 5.41) is 1.32. The smallest absolute Gasteiger partial charge is 0.394 e. The Balaban J connectivity index is 2.57. The van der Waals surface area contributed by atoms with Crippen molar-refractivity contribution in [2.24, 2.45) is 0 Å². The maximum atomic E-state index is 6.83. The molecule has 1 aromatic rings. The van der Waals surface area contributed by atoms with E-state index in [0.717, 1.165) is 5.75 Å². The van der Waals surface area contributed by atoms with E-state index in [2.05, 4.69) is 79.8 Å². The first-order chi connectivity index (χ1) is 9.90. The Kier molecular flexibility index (Phi) is 4.44. The summed E-state index contributed by atoms with van der Waals surface area (Å²) in [7, 11) is -4.17. The quantitative estimate of drug-likeness (QED) is 0.702. The summed E-state index contributed by atoms with van der Waals surface area (Å²) in [4.78, 5) is 0. The number of hydrogen-bond donors (Lipinski definition) is 0. The molecule has 1 aliphatic rings. The van der Waals surface area contributed by atoms with Crippen molar-refractivity contribution in [2.75, 3.05) is 0 Å². The highest BCUT2D eigenvalue weighted by atomic mass is 28.4. The molecule has 124 valence electrons. The summed E-state index contributed by atoms with van der Waals surface area (Å²) < 4.78 is 13.4. The van der Waals surface area contributed by atoms with Gasteiger partial charge in [-0.2, -0.15) is 0 Å². The molecule has 1 aliphatic heterocycles. The second kappa shape index (κ2) is 5.50. The van der Waals surface area contributed by atoms with Crippen LogP contribution in [0.15, 0.2) is 18.2 Å². The van der Waals surface area contributed by atoms with Crippen LogP contribution in [0.25, 0.3) is 0 Å². The SMILES string of the molecule is CC(C)[Si]1(C(C)C)Oc2ccc(C(C)(C)C)cc2[Si](C)(C)O1. The van der Waals surface area contributed by atoms with Gasteiger partial charge in [0.05, 0.1) is 0 Å². The van der Waals surface area contributed by atoms with Crippen LogP contribution in [-0.4, -0.2) is 16.9 Å². The van der Waals surface area contributed by atoms with E-state index >= 15 is 0 Å². The lowest BCUT2D eigenvalue weighted by molar-refractivity contribution is 0.339. The molecule has 0 unspecified atom stereocenters. The predicted octanol–water partition coefficient (Wildman–Crippen LogP) is 5.07. The largest absolute Gasteiger partial charge is 0.520 e. The molecular formula is C18H32O2Si2. The Hall–Kier alpha value is -0.586. The van der Waals surface area contributed by atoms with Gasteiger partial charge in [0, 0.05) is 16.3 Å². The minimum Gasteiger partial charge on any atom is -0.520 e. The Bertz CT molecular complexity index is 549. The molecule has 22 heavy (non-hydrogen) atoms. The van der Waals surface area contributed by atoms with Crippen LogP contribution < -0.4 is 9.61 Å². The van der Waals surface area contributed by atoms with Crippen LogP contribution in [0.2, 0.25) is 24.2 Å². The van der Waals surface area contributed by atoms with Crippen molar-refractivity contribution in [1.82, 2.24) is 0 Å². The lowest BCUT2D eigenvalue weighted by atomic mass is 9.87. The van der Waals surface area contributed by atoms with Crippen molar-refractivity contribution in [3.8, 4) is 5.75 Å². The van der Waals surface area contributed by atoms with Gasteiger partial charge in [-0.15, -0.1) is 0 Å². The van der Waals surface area contributed by atoms with Crippen molar-refractivity contribution < 1.29 is 8.54 Å². The fourth-order valence-corrected chi connectivity index (χ4v) is 12.7. The lowest BCUT2D eigenvalue weighted by Crippen LogP contribution is -2.65. The molecule has 0 radical (unpaired) electrons. The van der Waals surface area contributed by atoms with E-state index in [1.54, 1.807) is 0 Å². The third kappa shape index (κ3) is 2.93. The van der Waals surface area contributed by atoms with Gasteiger partial charge in [0.2, 0.25) is 8.32 Å². The molecule has 0 saturated heterocycles. The summed E-state index contributed by atoms with van der Waals surface area (Å²) in [6, 6.07) is 6.76. The number of hydrogen-bond acceptors (Lipinski definition) is 2. The van der Waals surface area contributed by atoms with E-state index in [-0.39, 0.29) is 5.41 Å². The standard InChI is InChI=1S/C18H32O2Si2/c1-13(2)22(14(3)4)19-16-11-10-15(18(5,6)7)12-17(16)21(8,9)20-22/h10-14H,1-9H3. The number of rotatable bonds is 2. The molecule has 0 spiro atoms. The molecule has 2 rings (SSSR count). The van der Waals surface area contributed by atoms with Crippen molar-refractivity contribution in [1.29, 1.82) is 0 Å². The highest BCUT2D eigenvalue weighted by molar-refractivity contribution is 6.94. The summed E-state index contributed by atoms with van der Waals surface area (Å²) in [6.45, 7) is 20.5. The molecule has 1 heterocycles. The first-order valence-electron chi connectivity index (χ1n) is 8.44. The monoisotopic (exact) mass is 336 g/mol. The molecule has 0 bridgehead atoms. The number of benzene rings is 1. The molecule has 0 saturated carbocycles. The third-order valence-electron chi connectivity index (χ3n) is 4.79. The Labute approximate surface area is 138 Å². The van der Waals surface area contributed by atoms with Crippen LogP contribution in [0.1, 0.15) is 54.0 Å². The zero-order valence-corrected chi connectivity index (χ0v) is 17.7. The topological polar surface area (TPSA) is 18.5 Å². The summed E-state index contributed by atoms with van der Waals surface area (Å²) in [5.41, 5.74) is 2.42. The Morgan fingerprint density at radius 1 is 0.955 bits per heavy atom. The average molecular weight is 337 g/mol. The van der Waals surface area contributed by atoms with Crippen LogP contribution in [0.3, 0.4) is 0 Å². The van der Waals surface area contributed by atoms with E-state index in [1.807, 2.05) is 0 Å². The van der Waals surface area contributed by atoms with E-state index in [1.165, 1.54) is 10.8 Å². The van der Waals surface area contributed by atoms with E-state index in [0.29, 0.717) is 11.1 Å². The van der Waals surface area contributed by atoms with Gasteiger partial charge in [0.25, 0.3) is 0 Å². The first kappa shape index (κ1) is 17.8. The lowest BCUT2D eigenvalue weighted by Gasteiger charge is -2.48. The molecule has 4 heteroatoms. The van der Waals surface area contributed by atoms with Crippen molar-refractivity contribution in [3.05, 3.63) is 23.8 Å². The molecule has 0 N–H and O–H groups in total. The molecule has 0 fully saturated rings. The Morgan fingerprint density at radius 3 is 1.95 bits per heavy atom. The normalized spacial score (nSPS) is 20.0. The highest BCUT2D eigenvalue weighted by Gasteiger charge is 2.55. The van der Waals surface area contributed by atoms with Gasteiger partial charge in [-0.05, 0) is 30.1 Å². The highest BCUT2D eigenvalue weighted by Crippen LogP contribution is 2.41. The maximum absolute atomic E-state index is 6.83. The van der Waals surface area contributed by atoms with Crippen molar-refractivity contribution in [3.63, 3.8) is 0 Å². The van der Waals surface area contributed by atoms with Gasteiger partial charge in [0.15, 0.2) is 0 Å².